The molecule has 0 amide bonds. The van der Waals surface area contributed by atoms with Crippen LogP contribution in [0.15, 0.2) is 28.9 Å². The monoisotopic (exact) mass is 352 g/mol. The fourth-order valence-corrected chi connectivity index (χ4v) is 2.80. The first-order chi connectivity index (χ1) is 11.3. The first-order valence-corrected chi connectivity index (χ1v) is 9.36. The van der Waals surface area contributed by atoms with Crippen LogP contribution in [0.1, 0.15) is 11.5 Å². The lowest BCUT2D eigenvalue weighted by atomic mass is 10.2. The van der Waals surface area contributed by atoms with E-state index in [0.29, 0.717) is 30.3 Å². The standard InChI is InChI=1S/C15H17FN4O3S/c1-10-19-15-13(16)5-12(6-14(15)23-10)17-7-11-8-18-20(9-11)3-4-24(2,21)22/h5-6,8-9,17H,3-4,7H2,1-2H3. The van der Waals surface area contributed by atoms with Crippen molar-refractivity contribution in [3.05, 3.63) is 41.8 Å². The highest BCUT2D eigenvalue weighted by molar-refractivity contribution is 7.90. The van der Waals surface area contributed by atoms with Gasteiger partial charge < -0.3 is 9.73 Å². The first kappa shape index (κ1) is 16.4. The fraction of sp³-hybridized carbons (Fsp3) is 0.333. The SMILES string of the molecule is Cc1nc2c(F)cc(NCc3cnn(CCS(C)(=O)=O)c3)cc2o1. The number of nitrogens with zero attached hydrogens (tertiary/aromatic N) is 3. The van der Waals surface area contributed by atoms with Gasteiger partial charge in [0.15, 0.2) is 17.3 Å². The summed E-state index contributed by atoms with van der Waals surface area (Å²) in [6.45, 7) is 2.39. The molecule has 0 saturated heterocycles. The Labute approximate surface area is 138 Å². The molecule has 0 saturated carbocycles. The van der Waals surface area contributed by atoms with Crippen molar-refractivity contribution in [3.8, 4) is 0 Å². The van der Waals surface area contributed by atoms with Crippen molar-refractivity contribution < 1.29 is 17.2 Å². The average molecular weight is 352 g/mol. The molecular formula is C15H17FN4O3S. The molecule has 3 aromatic rings. The van der Waals surface area contributed by atoms with Crippen molar-refractivity contribution in [2.75, 3.05) is 17.3 Å². The summed E-state index contributed by atoms with van der Waals surface area (Å²) in [6.07, 6.45) is 4.59. The van der Waals surface area contributed by atoms with Crippen LogP contribution in [0.2, 0.25) is 0 Å². The molecule has 0 radical (unpaired) electrons. The molecule has 0 bridgehead atoms. The zero-order valence-corrected chi connectivity index (χ0v) is 14.1. The number of hydrogen-bond acceptors (Lipinski definition) is 6. The lowest BCUT2D eigenvalue weighted by Gasteiger charge is -2.05. The van der Waals surface area contributed by atoms with Crippen molar-refractivity contribution in [2.24, 2.45) is 0 Å². The molecule has 0 aliphatic heterocycles. The molecule has 2 aromatic heterocycles. The summed E-state index contributed by atoms with van der Waals surface area (Å²) in [5, 5.41) is 7.20. The van der Waals surface area contributed by atoms with E-state index in [9.17, 15) is 12.8 Å². The number of benzene rings is 1. The number of hydrogen-bond donors (Lipinski definition) is 1. The summed E-state index contributed by atoms with van der Waals surface area (Å²) in [5.41, 5.74) is 2.03. The molecule has 0 spiro atoms. The minimum absolute atomic E-state index is 0.0360. The number of rotatable bonds is 6. The number of aromatic nitrogens is 3. The Bertz CT molecular complexity index is 978. The summed E-state index contributed by atoms with van der Waals surface area (Å²) in [5.74, 6) is -0.00207. The van der Waals surface area contributed by atoms with E-state index in [0.717, 1.165) is 5.56 Å². The summed E-state index contributed by atoms with van der Waals surface area (Å²) >= 11 is 0. The zero-order valence-electron chi connectivity index (χ0n) is 13.3. The summed E-state index contributed by atoms with van der Waals surface area (Å²) in [6, 6.07) is 3.05. The van der Waals surface area contributed by atoms with Crippen LogP contribution in [-0.4, -0.2) is 35.2 Å². The van der Waals surface area contributed by atoms with E-state index in [1.165, 1.54) is 12.3 Å². The molecule has 1 aromatic carbocycles. The van der Waals surface area contributed by atoms with E-state index < -0.39 is 15.7 Å². The molecular weight excluding hydrogens is 335 g/mol. The second-order valence-corrected chi connectivity index (χ2v) is 7.89. The smallest absolute Gasteiger partial charge is 0.192 e. The van der Waals surface area contributed by atoms with Crippen LogP contribution in [0, 0.1) is 12.7 Å². The molecule has 2 heterocycles. The Morgan fingerprint density at radius 1 is 1.38 bits per heavy atom. The number of nitrogens with one attached hydrogen (secondary N) is 1. The topological polar surface area (TPSA) is 90.0 Å². The summed E-state index contributed by atoms with van der Waals surface area (Å²) < 4.78 is 43.2. The van der Waals surface area contributed by atoms with Gasteiger partial charge in [0.25, 0.3) is 0 Å². The molecule has 0 fully saturated rings. The molecule has 1 N–H and O–H groups in total. The minimum Gasteiger partial charge on any atom is -0.441 e. The van der Waals surface area contributed by atoms with Gasteiger partial charge in [-0.15, -0.1) is 0 Å². The highest BCUT2D eigenvalue weighted by Gasteiger charge is 2.10. The Morgan fingerprint density at radius 2 is 2.17 bits per heavy atom. The van der Waals surface area contributed by atoms with Gasteiger partial charge >= 0.3 is 0 Å². The van der Waals surface area contributed by atoms with Gasteiger partial charge in [-0.1, -0.05) is 0 Å². The van der Waals surface area contributed by atoms with Gasteiger partial charge in [0, 0.05) is 43.2 Å². The summed E-state index contributed by atoms with van der Waals surface area (Å²) in [4.78, 5) is 3.98. The predicted molar refractivity (Wildman–Crippen MR) is 88.0 cm³/mol. The predicted octanol–water partition coefficient (Wildman–Crippen LogP) is 2.13. The maximum atomic E-state index is 14.0. The van der Waals surface area contributed by atoms with E-state index >= 15 is 0 Å². The van der Waals surface area contributed by atoms with Crippen molar-refractivity contribution in [1.82, 2.24) is 14.8 Å². The van der Waals surface area contributed by atoms with E-state index in [-0.39, 0.29) is 11.3 Å². The third-order valence-corrected chi connectivity index (χ3v) is 4.35. The van der Waals surface area contributed by atoms with Crippen LogP contribution >= 0.6 is 0 Å². The van der Waals surface area contributed by atoms with Crippen molar-refractivity contribution >= 4 is 26.6 Å². The largest absolute Gasteiger partial charge is 0.441 e. The Balaban J connectivity index is 1.66. The lowest BCUT2D eigenvalue weighted by Crippen LogP contribution is -2.11. The molecule has 0 unspecified atom stereocenters. The number of aryl methyl sites for hydroxylation is 2. The normalized spacial score (nSPS) is 12.0. The Morgan fingerprint density at radius 3 is 2.92 bits per heavy atom. The van der Waals surface area contributed by atoms with Crippen molar-refractivity contribution in [1.29, 1.82) is 0 Å². The maximum absolute atomic E-state index is 14.0. The van der Waals surface area contributed by atoms with E-state index in [1.807, 2.05) is 0 Å². The van der Waals surface area contributed by atoms with Crippen LogP contribution < -0.4 is 5.32 Å². The molecule has 7 nitrogen and oxygen atoms in total. The van der Waals surface area contributed by atoms with Gasteiger partial charge in [0.2, 0.25) is 0 Å². The molecule has 9 heteroatoms. The van der Waals surface area contributed by atoms with Gasteiger partial charge in [-0.05, 0) is 6.07 Å². The number of sulfone groups is 1. The van der Waals surface area contributed by atoms with Gasteiger partial charge in [0.1, 0.15) is 15.4 Å². The number of fused-ring (bicyclic) bond motifs is 1. The minimum atomic E-state index is -3.03. The second-order valence-electron chi connectivity index (χ2n) is 5.63. The number of anilines is 1. The molecule has 0 aliphatic rings. The number of halogens is 1. The molecule has 3 rings (SSSR count). The van der Waals surface area contributed by atoms with Crippen LogP contribution in [-0.2, 0) is 22.9 Å². The molecule has 0 atom stereocenters. The highest BCUT2D eigenvalue weighted by Crippen LogP contribution is 2.23. The lowest BCUT2D eigenvalue weighted by molar-refractivity contribution is 0.561. The van der Waals surface area contributed by atoms with Gasteiger partial charge in [-0.2, -0.15) is 5.10 Å². The first-order valence-electron chi connectivity index (χ1n) is 7.30. The van der Waals surface area contributed by atoms with E-state index in [2.05, 4.69) is 15.4 Å². The van der Waals surface area contributed by atoms with Crippen LogP contribution in [0.4, 0.5) is 10.1 Å². The highest BCUT2D eigenvalue weighted by atomic mass is 32.2. The molecule has 0 aliphatic carbocycles. The molecule has 128 valence electrons. The molecule has 24 heavy (non-hydrogen) atoms. The summed E-state index contributed by atoms with van der Waals surface area (Å²) in [7, 11) is -3.03. The fourth-order valence-electron chi connectivity index (χ4n) is 2.29. The zero-order chi connectivity index (χ0) is 17.3. The third kappa shape index (κ3) is 3.91. The Hall–Kier alpha value is -2.42. The van der Waals surface area contributed by atoms with Crippen molar-refractivity contribution in [2.45, 2.75) is 20.0 Å². The quantitative estimate of drug-likeness (QED) is 0.731. The second kappa shape index (κ2) is 6.23. The van der Waals surface area contributed by atoms with Crippen LogP contribution in [0.5, 0.6) is 0 Å². The van der Waals surface area contributed by atoms with Gasteiger partial charge in [0.05, 0.1) is 18.5 Å². The average Bonchev–Trinajstić information content (AvgIpc) is 3.08. The van der Waals surface area contributed by atoms with Gasteiger partial charge in [-0.3, -0.25) is 4.68 Å². The van der Waals surface area contributed by atoms with Gasteiger partial charge in [-0.25, -0.2) is 17.8 Å². The Kier molecular flexibility index (Phi) is 4.27. The van der Waals surface area contributed by atoms with E-state index in [4.69, 9.17) is 4.42 Å². The third-order valence-electron chi connectivity index (χ3n) is 3.43. The van der Waals surface area contributed by atoms with Crippen molar-refractivity contribution in [3.63, 3.8) is 0 Å². The van der Waals surface area contributed by atoms with E-state index in [1.54, 1.807) is 30.1 Å². The number of oxazole rings is 1. The van der Waals surface area contributed by atoms with Crippen LogP contribution in [0.25, 0.3) is 11.1 Å². The van der Waals surface area contributed by atoms with Crippen LogP contribution in [0.3, 0.4) is 0 Å². The maximum Gasteiger partial charge on any atom is 0.192 e.